The van der Waals surface area contributed by atoms with Gasteiger partial charge >= 0.3 is 0 Å². The van der Waals surface area contributed by atoms with Crippen LogP contribution in [0.4, 0.5) is 5.69 Å². The Morgan fingerprint density at radius 3 is 2.56 bits per heavy atom. The van der Waals surface area contributed by atoms with Gasteiger partial charge in [-0.2, -0.15) is 0 Å². The normalized spacial score (nSPS) is 26.1. The molecule has 7 heteroatoms. The van der Waals surface area contributed by atoms with Crippen molar-refractivity contribution in [1.82, 2.24) is 4.90 Å². The molecule has 3 fully saturated rings. The molecule has 146 valence electrons. The number of hydrogen-bond acceptors (Lipinski definition) is 5. The van der Waals surface area contributed by atoms with Gasteiger partial charge in [-0.1, -0.05) is 6.07 Å². The third kappa shape index (κ3) is 3.66. The molecule has 27 heavy (non-hydrogen) atoms. The summed E-state index contributed by atoms with van der Waals surface area (Å²) in [5.74, 6) is -0.403. The fourth-order valence-corrected chi connectivity index (χ4v) is 3.99. The van der Waals surface area contributed by atoms with Crippen LogP contribution in [0, 0.1) is 18.8 Å². The second kappa shape index (κ2) is 7.13. The molecule has 1 aromatic rings. The molecular weight excluding hydrogens is 348 g/mol. The van der Waals surface area contributed by atoms with Crippen LogP contribution in [0.5, 0.6) is 5.75 Å². The van der Waals surface area contributed by atoms with Crippen LogP contribution in [-0.2, 0) is 19.1 Å². The Balaban J connectivity index is 1.32. The zero-order valence-electron chi connectivity index (χ0n) is 15.8. The molecular formula is C20H26N2O5. The van der Waals surface area contributed by atoms with Crippen LogP contribution >= 0.6 is 0 Å². The van der Waals surface area contributed by atoms with E-state index in [9.17, 15) is 9.59 Å². The van der Waals surface area contributed by atoms with Crippen molar-refractivity contribution in [3.63, 3.8) is 0 Å². The number of benzene rings is 1. The van der Waals surface area contributed by atoms with Crippen LogP contribution in [0.2, 0.25) is 0 Å². The molecule has 2 saturated heterocycles. The Morgan fingerprint density at radius 1 is 1.19 bits per heavy atom. The van der Waals surface area contributed by atoms with Crippen molar-refractivity contribution < 1.29 is 23.8 Å². The first-order chi connectivity index (χ1) is 13.0. The molecule has 1 N–H and O–H groups in total. The van der Waals surface area contributed by atoms with E-state index in [1.54, 1.807) is 7.11 Å². The highest BCUT2D eigenvalue weighted by Crippen LogP contribution is 2.42. The quantitative estimate of drug-likeness (QED) is 0.872. The number of nitrogens with one attached hydrogen (secondary N) is 1. The molecule has 2 aliphatic heterocycles. The first-order valence-electron chi connectivity index (χ1n) is 9.53. The van der Waals surface area contributed by atoms with E-state index in [4.69, 9.17) is 14.2 Å². The number of carbonyl (C=O) groups excluding carboxylic acids is 2. The highest BCUT2D eigenvalue weighted by atomic mass is 16.7. The van der Waals surface area contributed by atoms with Gasteiger partial charge in [0.2, 0.25) is 11.8 Å². The van der Waals surface area contributed by atoms with Crippen LogP contribution in [0.25, 0.3) is 0 Å². The minimum absolute atomic E-state index is 0.0687. The van der Waals surface area contributed by atoms with Crippen molar-refractivity contribution in [1.29, 1.82) is 0 Å². The predicted molar refractivity (Wildman–Crippen MR) is 98.4 cm³/mol. The Morgan fingerprint density at radius 2 is 1.89 bits per heavy atom. The van der Waals surface area contributed by atoms with Gasteiger partial charge in [0.1, 0.15) is 5.75 Å². The molecule has 2 heterocycles. The van der Waals surface area contributed by atoms with Crippen molar-refractivity contribution in [2.45, 2.75) is 32.0 Å². The van der Waals surface area contributed by atoms with E-state index >= 15 is 0 Å². The summed E-state index contributed by atoms with van der Waals surface area (Å²) in [6.07, 6.45) is 2.00. The number of ether oxygens (including phenoxy) is 3. The number of aryl methyl sites for hydroxylation is 1. The summed E-state index contributed by atoms with van der Waals surface area (Å²) >= 11 is 0. The van der Waals surface area contributed by atoms with Crippen molar-refractivity contribution in [3.8, 4) is 5.75 Å². The van der Waals surface area contributed by atoms with Crippen LogP contribution in [0.1, 0.15) is 24.8 Å². The molecule has 1 aliphatic carbocycles. The van der Waals surface area contributed by atoms with E-state index in [-0.39, 0.29) is 23.7 Å². The maximum absolute atomic E-state index is 12.7. The van der Waals surface area contributed by atoms with E-state index in [0.29, 0.717) is 57.0 Å². The number of rotatable bonds is 4. The first kappa shape index (κ1) is 18.3. The maximum atomic E-state index is 12.7. The van der Waals surface area contributed by atoms with E-state index in [2.05, 4.69) is 5.32 Å². The number of piperidine rings is 1. The van der Waals surface area contributed by atoms with Gasteiger partial charge in [-0.15, -0.1) is 0 Å². The first-order valence-corrected chi connectivity index (χ1v) is 9.53. The predicted octanol–water partition coefficient (Wildman–Crippen LogP) is 1.94. The molecule has 0 aromatic heterocycles. The zero-order valence-corrected chi connectivity index (χ0v) is 15.8. The highest BCUT2D eigenvalue weighted by Gasteiger charge is 2.51. The number of nitrogens with zero attached hydrogens (tertiary/aromatic N) is 1. The Labute approximate surface area is 158 Å². The lowest BCUT2D eigenvalue weighted by atomic mass is 10.0. The molecule has 0 bridgehead atoms. The lowest BCUT2D eigenvalue weighted by molar-refractivity contribution is -0.187. The van der Waals surface area contributed by atoms with Crippen molar-refractivity contribution >= 4 is 17.5 Å². The molecule has 1 aromatic carbocycles. The molecule has 7 nitrogen and oxygen atoms in total. The minimum Gasteiger partial charge on any atom is -0.495 e. The van der Waals surface area contributed by atoms with E-state index in [1.807, 2.05) is 30.0 Å². The SMILES string of the molecule is COc1ccc(C)cc1NC(=O)C1CC1C(=O)N1CCC2(CC1)OCCO2. The fourth-order valence-electron chi connectivity index (χ4n) is 3.99. The Kier molecular flexibility index (Phi) is 4.82. The van der Waals surface area contributed by atoms with Gasteiger partial charge in [0, 0.05) is 25.9 Å². The van der Waals surface area contributed by atoms with Crippen LogP contribution in [0.15, 0.2) is 18.2 Å². The molecule has 2 atom stereocenters. The molecule has 1 spiro atoms. The second-order valence-corrected chi connectivity index (χ2v) is 7.57. The van der Waals surface area contributed by atoms with Gasteiger partial charge in [-0.3, -0.25) is 9.59 Å². The fraction of sp³-hybridized carbons (Fsp3) is 0.600. The maximum Gasteiger partial charge on any atom is 0.228 e. The molecule has 4 rings (SSSR count). The average Bonchev–Trinajstić information content (AvgIpc) is 3.36. The summed E-state index contributed by atoms with van der Waals surface area (Å²) in [6, 6.07) is 5.64. The summed E-state index contributed by atoms with van der Waals surface area (Å²) in [6.45, 7) is 4.45. The summed E-state index contributed by atoms with van der Waals surface area (Å²) in [5, 5.41) is 2.92. The molecule has 2 unspecified atom stereocenters. The standard InChI is InChI=1S/C20H26N2O5/c1-13-3-4-17(25-2)16(11-13)21-18(23)14-12-15(14)19(24)22-7-5-20(6-8-22)26-9-10-27-20/h3-4,11,14-15H,5-10,12H2,1-2H3,(H,21,23). The second-order valence-electron chi connectivity index (χ2n) is 7.57. The number of carbonyl (C=O) groups is 2. The smallest absolute Gasteiger partial charge is 0.228 e. The zero-order chi connectivity index (χ0) is 19.0. The van der Waals surface area contributed by atoms with E-state index in [1.165, 1.54) is 0 Å². The topological polar surface area (TPSA) is 77.1 Å². The third-order valence-electron chi connectivity index (χ3n) is 5.71. The number of amides is 2. The molecule has 2 amide bonds. The van der Waals surface area contributed by atoms with Crippen LogP contribution in [-0.4, -0.2) is 55.9 Å². The van der Waals surface area contributed by atoms with E-state index < -0.39 is 5.79 Å². The molecule has 0 radical (unpaired) electrons. The third-order valence-corrected chi connectivity index (χ3v) is 5.71. The summed E-state index contributed by atoms with van der Waals surface area (Å²) < 4.78 is 16.7. The summed E-state index contributed by atoms with van der Waals surface area (Å²) in [7, 11) is 1.57. The lowest BCUT2D eigenvalue weighted by Crippen LogP contribution is -2.48. The number of anilines is 1. The van der Waals surface area contributed by atoms with Crippen molar-refractivity contribution in [2.24, 2.45) is 11.8 Å². The van der Waals surface area contributed by atoms with Gasteiger partial charge in [-0.25, -0.2) is 0 Å². The highest BCUT2D eigenvalue weighted by molar-refractivity contribution is 6.00. The lowest BCUT2D eigenvalue weighted by Gasteiger charge is -2.37. The number of likely N-dealkylation sites (tertiary alicyclic amines) is 1. The molecule has 3 aliphatic rings. The van der Waals surface area contributed by atoms with E-state index in [0.717, 1.165) is 5.56 Å². The van der Waals surface area contributed by atoms with Gasteiger partial charge in [0.05, 0.1) is 37.8 Å². The van der Waals surface area contributed by atoms with Crippen LogP contribution < -0.4 is 10.1 Å². The van der Waals surface area contributed by atoms with Gasteiger partial charge in [0.25, 0.3) is 0 Å². The number of methoxy groups -OCH3 is 1. The number of hydrogen-bond donors (Lipinski definition) is 1. The Bertz CT molecular complexity index is 734. The summed E-state index contributed by atoms with van der Waals surface area (Å²) in [5.41, 5.74) is 1.68. The van der Waals surface area contributed by atoms with Gasteiger partial charge in [0.15, 0.2) is 5.79 Å². The average molecular weight is 374 g/mol. The Hall–Kier alpha value is -2.12. The van der Waals surface area contributed by atoms with Crippen molar-refractivity contribution in [2.75, 3.05) is 38.7 Å². The minimum atomic E-state index is -0.487. The largest absolute Gasteiger partial charge is 0.495 e. The summed E-state index contributed by atoms with van der Waals surface area (Å²) in [4.78, 5) is 27.2. The monoisotopic (exact) mass is 374 g/mol. The van der Waals surface area contributed by atoms with Crippen molar-refractivity contribution in [3.05, 3.63) is 23.8 Å². The van der Waals surface area contributed by atoms with Gasteiger partial charge in [-0.05, 0) is 31.0 Å². The van der Waals surface area contributed by atoms with Gasteiger partial charge < -0.3 is 24.4 Å². The van der Waals surface area contributed by atoms with Crippen LogP contribution in [0.3, 0.4) is 0 Å². The molecule has 1 saturated carbocycles.